The van der Waals surface area contributed by atoms with Crippen molar-refractivity contribution in [2.75, 3.05) is 39.6 Å². The Labute approximate surface area is 568 Å². The molecule has 2 unspecified atom stereocenters. The minimum absolute atomic E-state index is 0.104. The van der Waals surface area contributed by atoms with Gasteiger partial charge in [0.15, 0.2) is 12.2 Å². The maximum absolute atomic E-state index is 13.1. The molecule has 5 atom stereocenters. The van der Waals surface area contributed by atoms with Gasteiger partial charge in [0.05, 0.1) is 26.4 Å². The van der Waals surface area contributed by atoms with Gasteiger partial charge in [-0.1, -0.05) is 325 Å². The van der Waals surface area contributed by atoms with E-state index in [2.05, 4.69) is 48.5 Å². The van der Waals surface area contributed by atoms with E-state index in [0.717, 1.165) is 108 Å². The van der Waals surface area contributed by atoms with Crippen molar-refractivity contribution in [3.63, 3.8) is 0 Å². The lowest BCUT2D eigenvalue weighted by molar-refractivity contribution is -0.161. The van der Waals surface area contributed by atoms with E-state index in [1.165, 1.54) is 186 Å². The van der Waals surface area contributed by atoms with Crippen LogP contribution in [0.2, 0.25) is 0 Å². The Balaban J connectivity index is 5.22. The van der Waals surface area contributed by atoms with Crippen molar-refractivity contribution in [1.82, 2.24) is 0 Å². The fourth-order valence-electron chi connectivity index (χ4n) is 11.2. The van der Waals surface area contributed by atoms with Crippen LogP contribution in [0.4, 0.5) is 0 Å². The van der Waals surface area contributed by atoms with Gasteiger partial charge in [0.2, 0.25) is 0 Å². The molecule has 0 aromatic rings. The zero-order valence-electron chi connectivity index (χ0n) is 60.7. The molecular formula is C74H144O17P2. The summed E-state index contributed by atoms with van der Waals surface area (Å²) in [6, 6.07) is 0. The molecule has 0 saturated heterocycles. The molecule has 0 spiro atoms. The van der Waals surface area contributed by atoms with Gasteiger partial charge in [-0.2, -0.15) is 0 Å². The number of rotatable bonds is 72. The highest BCUT2D eigenvalue weighted by atomic mass is 31.2. The molecule has 552 valence electrons. The fraction of sp³-hybridized carbons (Fsp3) is 0.946. The molecule has 0 radical (unpaired) electrons. The summed E-state index contributed by atoms with van der Waals surface area (Å²) in [4.78, 5) is 72.7. The number of hydrogen-bond donors (Lipinski definition) is 3. The summed E-state index contributed by atoms with van der Waals surface area (Å²) < 4.78 is 68.4. The summed E-state index contributed by atoms with van der Waals surface area (Å²) in [6.45, 7) is 11.9. The van der Waals surface area contributed by atoms with Crippen molar-refractivity contribution >= 4 is 39.5 Å². The van der Waals surface area contributed by atoms with E-state index in [0.29, 0.717) is 25.7 Å². The van der Waals surface area contributed by atoms with Crippen LogP contribution in [0.5, 0.6) is 0 Å². The highest BCUT2D eigenvalue weighted by Crippen LogP contribution is 2.45. The second kappa shape index (κ2) is 64.7. The largest absolute Gasteiger partial charge is 0.472 e. The molecule has 19 heteroatoms. The molecule has 93 heavy (non-hydrogen) atoms. The van der Waals surface area contributed by atoms with Crippen LogP contribution in [-0.2, 0) is 65.4 Å². The van der Waals surface area contributed by atoms with Crippen molar-refractivity contribution in [3.8, 4) is 0 Å². The third kappa shape index (κ3) is 68.4. The van der Waals surface area contributed by atoms with Gasteiger partial charge in [-0.15, -0.1) is 0 Å². The minimum Gasteiger partial charge on any atom is -0.462 e. The molecule has 0 fully saturated rings. The van der Waals surface area contributed by atoms with E-state index >= 15 is 0 Å². The van der Waals surface area contributed by atoms with Crippen molar-refractivity contribution < 1.29 is 80.2 Å². The van der Waals surface area contributed by atoms with E-state index in [1.807, 2.05) is 0 Å². The molecule has 0 aromatic heterocycles. The highest BCUT2D eigenvalue weighted by Gasteiger charge is 2.30. The summed E-state index contributed by atoms with van der Waals surface area (Å²) in [5.41, 5.74) is 0. The average Bonchev–Trinajstić information content (AvgIpc) is 2.27. The third-order valence-electron chi connectivity index (χ3n) is 17.1. The first-order valence-corrected chi connectivity index (χ1v) is 41.3. The molecular weight excluding hydrogens is 1220 g/mol. The molecule has 0 aliphatic rings. The van der Waals surface area contributed by atoms with Crippen molar-refractivity contribution in [2.24, 2.45) is 17.8 Å². The second-order valence-electron chi connectivity index (χ2n) is 28.1. The van der Waals surface area contributed by atoms with Crippen LogP contribution in [-0.4, -0.2) is 96.7 Å². The Hall–Kier alpha value is -1.94. The number of unbranched alkanes of at least 4 members (excludes halogenated alkanes) is 40. The molecule has 17 nitrogen and oxygen atoms in total. The average molecular weight is 1370 g/mol. The van der Waals surface area contributed by atoms with Gasteiger partial charge in [-0.05, 0) is 43.4 Å². The number of esters is 4. The summed E-state index contributed by atoms with van der Waals surface area (Å²) in [5.74, 6) is 0.164. The molecule has 0 aliphatic carbocycles. The van der Waals surface area contributed by atoms with Gasteiger partial charge < -0.3 is 33.8 Å². The SMILES string of the molecule is CCCCCCCCCCCCC(=O)OC[C@H](COP(=O)(O)OC[C@H](O)COP(=O)(O)OC[C@@H](COC(=O)CCCCCCCCCCCCC(C)C)OC(=O)CCCCCCCCCCCCCCCCCCC(C)C)OC(=O)CCCCCCCCCCC(C)C. The maximum Gasteiger partial charge on any atom is 0.472 e. The van der Waals surface area contributed by atoms with Crippen LogP contribution in [0.25, 0.3) is 0 Å². The lowest BCUT2D eigenvalue weighted by Gasteiger charge is -2.21. The first-order valence-electron chi connectivity index (χ1n) is 38.3. The maximum atomic E-state index is 13.1. The number of hydrogen-bond acceptors (Lipinski definition) is 15. The zero-order valence-corrected chi connectivity index (χ0v) is 62.5. The molecule has 0 bridgehead atoms. The lowest BCUT2D eigenvalue weighted by atomic mass is 10.0. The van der Waals surface area contributed by atoms with Crippen molar-refractivity contribution in [1.29, 1.82) is 0 Å². The highest BCUT2D eigenvalue weighted by molar-refractivity contribution is 7.47. The second-order valence-corrected chi connectivity index (χ2v) is 31.0. The van der Waals surface area contributed by atoms with E-state index < -0.39 is 97.5 Å². The van der Waals surface area contributed by atoms with Crippen molar-refractivity contribution in [2.45, 2.75) is 394 Å². The lowest BCUT2D eigenvalue weighted by Crippen LogP contribution is -2.30. The van der Waals surface area contributed by atoms with Gasteiger partial charge in [-0.3, -0.25) is 37.3 Å². The number of aliphatic hydroxyl groups excluding tert-OH is 1. The molecule has 0 aromatic carbocycles. The van der Waals surface area contributed by atoms with Gasteiger partial charge in [-0.25, -0.2) is 9.13 Å². The molecule has 0 rings (SSSR count). The monoisotopic (exact) mass is 1370 g/mol. The van der Waals surface area contributed by atoms with Crippen LogP contribution in [0.3, 0.4) is 0 Å². The number of carbonyl (C=O) groups is 4. The Morgan fingerprint density at radius 3 is 0.731 bits per heavy atom. The van der Waals surface area contributed by atoms with Crippen LogP contribution < -0.4 is 0 Å². The summed E-state index contributed by atoms with van der Waals surface area (Å²) >= 11 is 0. The van der Waals surface area contributed by atoms with E-state index in [9.17, 15) is 43.2 Å². The fourth-order valence-corrected chi connectivity index (χ4v) is 12.8. The normalized spacial score (nSPS) is 14.1. The number of phosphoric ester groups is 2. The molecule has 0 aliphatic heterocycles. The Kier molecular flexibility index (Phi) is 63.4. The third-order valence-corrected chi connectivity index (χ3v) is 19.0. The summed E-state index contributed by atoms with van der Waals surface area (Å²) in [7, 11) is -9.91. The van der Waals surface area contributed by atoms with Crippen LogP contribution in [0.1, 0.15) is 376 Å². The van der Waals surface area contributed by atoms with E-state index in [4.69, 9.17) is 37.0 Å². The van der Waals surface area contributed by atoms with Gasteiger partial charge in [0, 0.05) is 25.7 Å². The standard InChI is InChI=1S/C74H144O17P2/c1-8-9-10-11-12-13-26-34-41-48-55-71(76)84-62-70(91-74(79)58-51-44-37-30-29-33-40-47-54-67(6)7)64-89-93(82,83)87-60-68(75)59-86-92(80,81)88-63-69(61-85-72(77)56-49-42-35-27-23-22-25-32-39-46-53-66(4)5)90-73(78)57-50-43-36-28-21-19-17-15-14-16-18-20-24-31-38-45-52-65(2)3/h65-70,75H,8-64H2,1-7H3,(H,80,81)(H,82,83)/t68-,69-,70-/m1/s1. The van der Waals surface area contributed by atoms with Crippen LogP contribution >= 0.6 is 15.6 Å². The van der Waals surface area contributed by atoms with Gasteiger partial charge >= 0.3 is 39.5 Å². The predicted octanol–water partition coefficient (Wildman–Crippen LogP) is 21.4. The quantitative estimate of drug-likeness (QED) is 0.0222. The molecule has 0 amide bonds. The topological polar surface area (TPSA) is 237 Å². The van der Waals surface area contributed by atoms with Gasteiger partial charge in [0.1, 0.15) is 19.3 Å². The predicted molar refractivity (Wildman–Crippen MR) is 377 cm³/mol. The number of aliphatic hydroxyl groups is 1. The Morgan fingerprint density at radius 2 is 0.495 bits per heavy atom. The Bertz CT molecular complexity index is 1820. The van der Waals surface area contributed by atoms with E-state index in [1.54, 1.807) is 0 Å². The minimum atomic E-state index is -4.96. The van der Waals surface area contributed by atoms with Crippen LogP contribution in [0.15, 0.2) is 0 Å². The van der Waals surface area contributed by atoms with Gasteiger partial charge in [0.25, 0.3) is 0 Å². The Morgan fingerprint density at radius 1 is 0.290 bits per heavy atom. The summed E-state index contributed by atoms with van der Waals surface area (Å²) in [5, 5.41) is 10.6. The first-order chi connectivity index (χ1) is 44.7. The number of phosphoric acid groups is 2. The number of carbonyl (C=O) groups excluding carboxylic acids is 4. The summed E-state index contributed by atoms with van der Waals surface area (Å²) in [6.07, 6.45) is 50.0. The first kappa shape index (κ1) is 91.1. The van der Waals surface area contributed by atoms with E-state index in [-0.39, 0.29) is 25.7 Å². The molecule has 3 N–H and O–H groups in total. The smallest absolute Gasteiger partial charge is 0.462 e. The molecule has 0 saturated carbocycles. The number of ether oxygens (including phenoxy) is 4. The van der Waals surface area contributed by atoms with Crippen LogP contribution in [0, 0.1) is 17.8 Å². The van der Waals surface area contributed by atoms with Crippen molar-refractivity contribution in [3.05, 3.63) is 0 Å². The zero-order chi connectivity index (χ0) is 68.7. The molecule has 0 heterocycles.